The number of piperazine rings is 1. The molecular weight excluding hydrogens is 368 g/mol. The van der Waals surface area contributed by atoms with Crippen LogP contribution in [0.25, 0.3) is 0 Å². The van der Waals surface area contributed by atoms with Crippen LogP contribution in [0.15, 0.2) is 42.6 Å². The number of nitrogens with zero attached hydrogens (tertiary/aromatic N) is 4. The number of aromatic nitrogens is 1. The molecule has 7 nitrogen and oxygen atoms in total. The first-order valence-corrected chi connectivity index (χ1v) is 10.2. The van der Waals surface area contributed by atoms with E-state index in [1.54, 1.807) is 19.4 Å². The maximum absolute atomic E-state index is 12.8. The van der Waals surface area contributed by atoms with Gasteiger partial charge in [-0.05, 0) is 37.1 Å². The molecule has 3 heterocycles. The van der Waals surface area contributed by atoms with E-state index in [1.165, 1.54) is 6.07 Å². The van der Waals surface area contributed by atoms with E-state index in [2.05, 4.69) is 20.9 Å². The highest BCUT2D eigenvalue weighted by Crippen LogP contribution is 2.29. The number of benzene rings is 1. The lowest BCUT2D eigenvalue weighted by Crippen LogP contribution is -2.56. The molecule has 1 aromatic carbocycles. The average Bonchev–Trinajstić information content (AvgIpc) is 2.79. The Morgan fingerprint density at radius 1 is 1.10 bits per heavy atom. The van der Waals surface area contributed by atoms with Crippen molar-refractivity contribution in [3.8, 4) is 11.5 Å². The van der Waals surface area contributed by atoms with Crippen molar-refractivity contribution in [2.45, 2.75) is 18.9 Å². The van der Waals surface area contributed by atoms with Gasteiger partial charge in [0.2, 0.25) is 0 Å². The van der Waals surface area contributed by atoms with Gasteiger partial charge in [-0.25, -0.2) is 4.98 Å². The number of hydrogen-bond acceptors (Lipinski definition) is 6. The molecule has 2 aliphatic rings. The summed E-state index contributed by atoms with van der Waals surface area (Å²) in [4.78, 5) is 23.6. The van der Waals surface area contributed by atoms with Gasteiger partial charge in [0.1, 0.15) is 11.5 Å². The van der Waals surface area contributed by atoms with Crippen LogP contribution in [-0.4, -0.2) is 78.2 Å². The van der Waals surface area contributed by atoms with E-state index in [0.717, 1.165) is 50.5 Å². The molecule has 2 saturated heterocycles. The van der Waals surface area contributed by atoms with E-state index in [-0.39, 0.29) is 17.4 Å². The molecule has 0 spiro atoms. The molecule has 4 rings (SSSR count). The minimum atomic E-state index is -0.180. The summed E-state index contributed by atoms with van der Waals surface area (Å²) in [5.74, 6) is 0.677. The SMILES string of the molecule is COc1ccccc1N1CCN(C2CCCN(C(=O)c3ncccc3O)C2)CC1. The average molecular weight is 396 g/mol. The van der Waals surface area contributed by atoms with E-state index in [0.29, 0.717) is 19.1 Å². The van der Waals surface area contributed by atoms with Crippen LogP contribution < -0.4 is 9.64 Å². The third kappa shape index (κ3) is 4.15. The van der Waals surface area contributed by atoms with E-state index in [1.807, 2.05) is 23.1 Å². The number of ether oxygens (including phenoxy) is 1. The Bertz CT molecular complexity index is 851. The van der Waals surface area contributed by atoms with E-state index < -0.39 is 0 Å². The lowest BCUT2D eigenvalue weighted by Gasteiger charge is -2.44. The van der Waals surface area contributed by atoms with Gasteiger partial charge in [0.05, 0.1) is 12.8 Å². The molecule has 2 aliphatic heterocycles. The summed E-state index contributed by atoms with van der Waals surface area (Å²) >= 11 is 0. The Morgan fingerprint density at radius 3 is 2.66 bits per heavy atom. The lowest BCUT2D eigenvalue weighted by atomic mass is 10.0. The van der Waals surface area contributed by atoms with Crippen molar-refractivity contribution in [1.29, 1.82) is 0 Å². The van der Waals surface area contributed by atoms with Crippen molar-refractivity contribution < 1.29 is 14.6 Å². The third-order valence-corrected chi connectivity index (χ3v) is 5.93. The molecule has 2 fully saturated rings. The summed E-state index contributed by atoms with van der Waals surface area (Å²) in [6.45, 7) is 5.19. The van der Waals surface area contributed by atoms with E-state index >= 15 is 0 Å². The summed E-state index contributed by atoms with van der Waals surface area (Å²) in [6.07, 6.45) is 3.61. The standard InChI is InChI=1S/C22H28N4O3/c1-29-20-9-3-2-7-18(20)25-14-12-24(13-15-25)17-6-5-11-26(16-17)22(28)21-19(27)8-4-10-23-21/h2-4,7-10,17,27H,5-6,11-16H2,1H3. The second-order valence-corrected chi connectivity index (χ2v) is 7.61. The van der Waals surface area contributed by atoms with Gasteiger partial charge >= 0.3 is 0 Å². The molecular formula is C22H28N4O3. The van der Waals surface area contributed by atoms with Gasteiger partial charge < -0.3 is 19.6 Å². The summed E-state index contributed by atoms with van der Waals surface area (Å²) in [5.41, 5.74) is 1.29. The number of aromatic hydroxyl groups is 1. The fourth-order valence-corrected chi connectivity index (χ4v) is 4.37. The van der Waals surface area contributed by atoms with Gasteiger partial charge in [-0.2, -0.15) is 0 Å². The number of anilines is 1. The van der Waals surface area contributed by atoms with Crippen molar-refractivity contribution in [3.05, 3.63) is 48.3 Å². The molecule has 0 radical (unpaired) electrons. The minimum Gasteiger partial charge on any atom is -0.505 e. The first kappa shape index (κ1) is 19.5. The largest absolute Gasteiger partial charge is 0.505 e. The Balaban J connectivity index is 1.38. The zero-order valence-electron chi connectivity index (χ0n) is 16.8. The quantitative estimate of drug-likeness (QED) is 0.855. The summed E-state index contributed by atoms with van der Waals surface area (Å²) < 4.78 is 5.51. The monoisotopic (exact) mass is 396 g/mol. The third-order valence-electron chi connectivity index (χ3n) is 5.93. The Labute approximate surface area is 171 Å². The van der Waals surface area contributed by atoms with Gasteiger partial charge in [0, 0.05) is 51.5 Å². The second-order valence-electron chi connectivity index (χ2n) is 7.61. The summed E-state index contributed by atoms with van der Waals surface area (Å²) in [6, 6.07) is 11.6. The predicted octanol–water partition coefficient (Wildman–Crippen LogP) is 2.22. The first-order valence-electron chi connectivity index (χ1n) is 10.2. The highest BCUT2D eigenvalue weighted by atomic mass is 16.5. The molecule has 29 heavy (non-hydrogen) atoms. The van der Waals surface area contributed by atoms with Crippen LogP contribution in [0.2, 0.25) is 0 Å². The molecule has 154 valence electrons. The highest BCUT2D eigenvalue weighted by Gasteiger charge is 2.31. The molecule has 1 unspecified atom stereocenters. The smallest absolute Gasteiger partial charge is 0.276 e. The fraction of sp³-hybridized carbons (Fsp3) is 0.455. The number of methoxy groups -OCH3 is 1. The van der Waals surface area contributed by atoms with Crippen LogP contribution >= 0.6 is 0 Å². The van der Waals surface area contributed by atoms with E-state index in [4.69, 9.17) is 4.74 Å². The number of carbonyl (C=O) groups is 1. The molecule has 0 saturated carbocycles. The van der Waals surface area contributed by atoms with Crippen LogP contribution in [0.3, 0.4) is 0 Å². The summed E-state index contributed by atoms with van der Waals surface area (Å²) in [7, 11) is 1.71. The zero-order valence-corrected chi connectivity index (χ0v) is 16.8. The normalized spacial score (nSPS) is 20.5. The van der Waals surface area contributed by atoms with Crippen molar-refractivity contribution in [3.63, 3.8) is 0 Å². The first-order chi connectivity index (χ1) is 14.2. The van der Waals surface area contributed by atoms with Gasteiger partial charge in [-0.15, -0.1) is 0 Å². The van der Waals surface area contributed by atoms with Crippen LogP contribution in [-0.2, 0) is 0 Å². The summed E-state index contributed by atoms with van der Waals surface area (Å²) in [5, 5.41) is 9.97. The minimum absolute atomic E-state index is 0.0509. The van der Waals surface area contributed by atoms with Crippen LogP contribution in [0.1, 0.15) is 23.3 Å². The number of amides is 1. The number of para-hydroxylation sites is 2. The fourth-order valence-electron chi connectivity index (χ4n) is 4.37. The topological polar surface area (TPSA) is 69.1 Å². The molecule has 0 aliphatic carbocycles. The molecule has 1 N–H and O–H groups in total. The molecule has 2 aromatic rings. The molecule has 1 aromatic heterocycles. The van der Waals surface area contributed by atoms with Crippen molar-refractivity contribution in [2.75, 3.05) is 51.3 Å². The van der Waals surface area contributed by atoms with Gasteiger partial charge in [0.15, 0.2) is 5.69 Å². The number of rotatable bonds is 4. The lowest BCUT2D eigenvalue weighted by molar-refractivity contribution is 0.0555. The van der Waals surface area contributed by atoms with Gasteiger partial charge in [-0.1, -0.05) is 12.1 Å². The van der Waals surface area contributed by atoms with E-state index in [9.17, 15) is 9.90 Å². The number of carbonyl (C=O) groups excluding carboxylic acids is 1. The van der Waals surface area contributed by atoms with Crippen molar-refractivity contribution >= 4 is 11.6 Å². The van der Waals surface area contributed by atoms with Crippen molar-refractivity contribution in [2.24, 2.45) is 0 Å². The number of piperidine rings is 1. The maximum atomic E-state index is 12.8. The number of pyridine rings is 1. The van der Waals surface area contributed by atoms with Crippen LogP contribution in [0, 0.1) is 0 Å². The van der Waals surface area contributed by atoms with Crippen LogP contribution in [0.4, 0.5) is 5.69 Å². The highest BCUT2D eigenvalue weighted by molar-refractivity contribution is 5.94. The number of likely N-dealkylation sites (tertiary alicyclic amines) is 1. The predicted molar refractivity (Wildman–Crippen MR) is 112 cm³/mol. The Hall–Kier alpha value is -2.80. The molecule has 1 atom stereocenters. The Morgan fingerprint density at radius 2 is 1.90 bits per heavy atom. The zero-order chi connectivity index (χ0) is 20.2. The van der Waals surface area contributed by atoms with Crippen LogP contribution in [0.5, 0.6) is 11.5 Å². The Kier molecular flexibility index (Phi) is 5.85. The van der Waals surface area contributed by atoms with Crippen molar-refractivity contribution in [1.82, 2.24) is 14.8 Å². The molecule has 1 amide bonds. The maximum Gasteiger partial charge on any atom is 0.276 e. The second kappa shape index (κ2) is 8.69. The van der Waals surface area contributed by atoms with Gasteiger partial charge in [0.25, 0.3) is 5.91 Å². The molecule has 0 bridgehead atoms. The molecule has 7 heteroatoms. The van der Waals surface area contributed by atoms with Gasteiger partial charge in [-0.3, -0.25) is 9.69 Å². The number of hydrogen-bond donors (Lipinski definition) is 1.